The van der Waals surface area contributed by atoms with E-state index in [0.29, 0.717) is 34.8 Å². The van der Waals surface area contributed by atoms with Crippen molar-refractivity contribution in [1.29, 1.82) is 5.26 Å². The summed E-state index contributed by atoms with van der Waals surface area (Å²) in [7, 11) is 0. The number of carbonyl (C=O) groups excluding carboxylic acids is 1. The Morgan fingerprint density at radius 1 is 1.30 bits per heavy atom. The van der Waals surface area contributed by atoms with Crippen molar-refractivity contribution in [2.24, 2.45) is 0 Å². The zero-order valence-electron chi connectivity index (χ0n) is 19.4. The first-order chi connectivity index (χ1) is 15.7. The summed E-state index contributed by atoms with van der Waals surface area (Å²) in [5, 5.41) is 17.5. The standard InChI is InChI=1S/C22H28AsN9O/c1-12-6-7-31-18(12)22(30-9-13(2)32(16(5)33)14(3)10-30)28-20(29-31)15(4)27-21-17(8-24)19(23)25-11-26-21/h6-7,11,13-15H,9-10,23H2,1-5H3,(H,25,26,27)/t13-,14+,15-/m0/s1. The van der Waals surface area contributed by atoms with Crippen molar-refractivity contribution in [2.75, 3.05) is 23.3 Å². The number of anilines is 2. The van der Waals surface area contributed by atoms with Gasteiger partial charge in [-0.25, -0.2) is 0 Å². The van der Waals surface area contributed by atoms with Gasteiger partial charge >= 0.3 is 184 Å². The number of hydrogen-bond donors (Lipinski definition) is 1. The van der Waals surface area contributed by atoms with E-state index < -0.39 is 0 Å². The van der Waals surface area contributed by atoms with Gasteiger partial charge in [0.1, 0.15) is 0 Å². The van der Waals surface area contributed by atoms with Crippen LogP contribution in [0.5, 0.6) is 0 Å². The summed E-state index contributed by atoms with van der Waals surface area (Å²) in [4.78, 5) is 29.7. The number of nitrogens with zero attached hydrogens (tertiary/aromatic N) is 8. The summed E-state index contributed by atoms with van der Waals surface area (Å²) in [5.41, 5.74) is 2.48. The Kier molecular flexibility index (Phi) is 6.26. The van der Waals surface area contributed by atoms with E-state index in [4.69, 9.17) is 10.1 Å². The van der Waals surface area contributed by atoms with Gasteiger partial charge in [-0.1, -0.05) is 0 Å². The molecule has 4 heterocycles. The van der Waals surface area contributed by atoms with E-state index in [2.05, 4.69) is 40.1 Å². The van der Waals surface area contributed by atoms with Crippen LogP contribution in [-0.4, -0.2) is 77.4 Å². The molecule has 0 aromatic carbocycles. The summed E-state index contributed by atoms with van der Waals surface area (Å²) in [5.74, 6) is 2.01. The molecule has 1 unspecified atom stereocenters. The molecular formula is C22H28AsN9O. The van der Waals surface area contributed by atoms with Gasteiger partial charge in [0, 0.05) is 6.92 Å². The number of fused-ring (bicyclic) bond motifs is 1. The molecule has 10 nitrogen and oxygen atoms in total. The van der Waals surface area contributed by atoms with E-state index in [1.165, 1.54) is 23.2 Å². The second kappa shape index (κ2) is 8.99. The van der Waals surface area contributed by atoms with Gasteiger partial charge in [0.25, 0.3) is 0 Å². The van der Waals surface area contributed by atoms with Crippen LogP contribution in [0.2, 0.25) is 0 Å². The predicted molar refractivity (Wildman–Crippen MR) is 128 cm³/mol. The maximum absolute atomic E-state index is 12.1. The van der Waals surface area contributed by atoms with E-state index in [0.717, 1.165) is 16.9 Å². The number of nitrogens with one attached hydrogen (secondary N) is 1. The Labute approximate surface area is 201 Å². The van der Waals surface area contributed by atoms with Crippen molar-refractivity contribution in [3.05, 3.63) is 35.5 Å². The summed E-state index contributed by atoms with van der Waals surface area (Å²) in [6.45, 7) is 11.1. The van der Waals surface area contributed by atoms with Gasteiger partial charge in [-0.2, -0.15) is 0 Å². The zero-order valence-corrected chi connectivity index (χ0v) is 21.9. The number of carbonyl (C=O) groups is 1. The van der Waals surface area contributed by atoms with Crippen molar-refractivity contribution in [1.82, 2.24) is 29.5 Å². The normalized spacial score (nSPS) is 19.4. The molecule has 1 amide bonds. The molecule has 4 rings (SSSR count). The van der Waals surface area contributed by atoms with Crippen LogP contribution in [0, 0.1) is 18.3 Å². The summed E-state index contributed by atoms with van der Waals surface area (Å²) < 4.78 is 2.54. The van der Waals surface area contributed by atoms with Gasteiger partial charge in [0.05, 0.1) is 0 Å². The van der Waals surface area contributed by atoms with Gasteiger partial charge in [0.2, 0.25) is 5.91 Å². The minimum absolute atomic E-state index is 0.0691. The second-order valence-electron chi connectivity index (χ2n) is 8.58. The molecule has 3 aromatic heterocycles. The Morgan fingerprint density at radius 3 is 2.64 bits per heavy atom. The molecule has 172 valence electrons. The Morgan fingerprint density at radius 2 is 2.00 bits per heavy atom. The fraction of sp³-hybridized carbons (Fsp3) is 0.455. The van der Waals surface area contributed by atoms with Crippen molar-refractivity contribution < 1.29 is 4.79 Å². The van der Waals surface area contributed by atoms with Crippen molar-refractivity contribution in [2.45, 2.75) is 52.7 Å². The molecule has 0 bridgehead atoms. The Hall–Kier alpha value is -3.18. The van der Waals surface area contributed by atoms with Crippen LogP contribution in [0.15, 0.2) is 18.6 Å². The molecule has 1 aliphatic heterocycles. The SMILES string of the molecule is CC(=O)N1[C@H](C)CN(c2nc([C@H](C)Nc3ncnc([AsH2])c3C#N)nn3ccc(C)c23)C[C@@H]1C. The van der Waals surface area contributed by atoms with E-state index in [1.54, 1.807) is 6.92 Å². The van der Waals surface area contributed by atoms with Crippen LogP contribution in [-0.2, 0) is 4.79 Å². The molecule has 1 aliphatic rings. The third-order valence-corrected chi connectivity index (χ3v) is 6.94. The second-order valence-corrected chi connectivity index (χ2v) is 9.72. The van der Waals surface area contributed by atoms with Crippen LogP contribution in [0.25, 0.3) is 5.52 Å². The van der Waals surface area contributed by atoms with Crippen LogP contribution < -0.4 is 14.7 Å². The summed E-state index contributed by atoms with van der Waals surface area (Å²) >= 11 is 1.28. The summed E-state index contributed by atoms with van der Waals surface area (Å²) in [6.07, 6.45) is 3.39. The first kappa shape index (κ1) is 23.0. The molecule has 0 saturated carbocycles. The summed E-state index contributed by atoms with van der Waals surface area (Å²) in [6, 6.07) is 4.05. The van der Waals surface area contributed by atoms with Gasteiger partial charge in [0.15, 0.2) is 0 Å². The number of amides is 1. The minimum atomic E-state index is -0.293. The fourth-order valence-electron chi connectivity index (χ4n) is 4.58. The fourth-order valence-corrected chi connectivity index (χ4v) is 5.14. The number of rotatable bonds is 4. The monoisotopic (exact) mass is 509 g/mol. The topological polar surface area (TPSA) is 115 Å². The van der Waals surface area contributed by atoms with Gasteiger partial charge in [-0.15, -0.1) is 0 Å². The molecule has 1 fully saturated rings. The number of aryl methyl sites for hydroxylation is 1. The number of nitriles is 1. The molecule has 0 radical (unpaired) electrons. The van der Waals surface area contributed by atoms with Crippen LogP contribution in [0.1, 0.15) is 50.7 Å². The van der Waals surface area contributed by atoms with Crippen molar-refractivity contribution in [3.8, 4) is 6.07 Å². The van der Waals surface area contributed by atoms with E-state index in [-0.39, 0.29) is 24.0 Å². The molecular weight excluding hydrogens is 481 g/mol. The first-order valence-electron chi connectivity index (χ1n) is 10.9. The molecule has 4 atom stereocenters. The predicted octanol–water partition coefficient (Wildman–Crippen LogP) is 0.576. The van der Waals surface area contributed by atoms with Crippen LogP contribution in [0.3, 0.4) is 0 Å². The van der Waals surface area contributed by atoms with Crippen molar-refractivity contribution >= 4 is 44.4 Å². The number of aromatic nitrogens is 5. The molecule has 0 spiro atoms. The quantitative estimate of drug-likeness (QED) is 0.508. The van der Waals surface area contributed by atoms with Gasteiger partial charge in [-0.3, -0.25) is 4.79 Å². The molecule has 1 N–H and O–H groups in total. The first-order valence-corrected chi connectivity index (χ1v) is 12.1. The van der Waals surface area contributed by atoms with Crippen LogP contribution in [0.4, 0.5) is 11.6 Å². The van der Waals surface area contributed by atoms with E-state index >= 15 is 0 Å². The molecule has 0 aliphatic carbocycles. The Balaban J connectivity index is 1.72. The molecule has 1 saturated heterocycles. The van der Waals surface area contributed by atoms with Gasteiger partial charge in [-0.05, 0) is 0 Å². The van der Waals surface area contributed by atoms with E-state index in [9.17, 15) is 10.1 Å². The van der Waals surface area contributed by atoms with Gasteiger partial charge < -0.3 is 0 Å². The number of hydrogen-bond acceptors (Lipinski definition) is 8. The third kappa shape index (κ3) is 4.25. The zero-order chi connectivity index (χ0) is 23.9. The van der Waals surface area contributed by atoms with E-state index in [1.807, 2.05) is 35.5 Å². The maximum atomic E-state index is 12.1. The molecule has 33 heavy (non-hydrogen) atoms. The number of piperazine rings is 1. The molecule has 11 heteroatoms. The molecule has 3 aromatic rings. The van der Waals surface area contributed by atoms with Crippen LogP contribution >= 0.6 is 0 Å². The Bertz CT molecular complexity index is 1240. The third-order valence-electron chi connectivity index (χ3n) is 6.02. The average Bonchev–Trinajstić information content (AvgIpc) is 3.13. The average molecular weight is 509 g/mol. The van der Waals surface area contributed by atoms with Crippen molar-refractivity contribution in [3.63, 3.8) is 0 Å².